The molecule has 2 aliphatic rings. The van der Waals surface area contributed by atoms with Gasteiger partial charge in [0.1, 0.15) is 5.82 Å². The van der Waals surface area contributed by atoms with Crippen LogP contribution in [0.1, 0.15) is 61.3 Å². The molecule has 2 aromatic rings. The van der Waals surface area contributed by atoms with E-state index in [-0.39, 0.29) is 37.2 Å². The zero-order valence-electron chi connectivity index (χ0n) is 23.9. The first-order chi connectivity index (χ1) is 19.6. The predicted octanol–water partition coefficient (Wildman–Crippen LogP) is 5.96. The van der Waals surface area contributed by atoms with Gasteiger partial charge in [0.15, 0.2) is 0 Å². The van der Waals surface area contributed by atoms with Gasteiger partial charge in [-0.1, -0.05) is 24.6 Å². The molecule has 0 aromatic heterocycles. The summed E-state index contributed by atoms with van der Waals surface area (Å²) in [6, 6.07) is 7.28. The molecule has 0 spiro atoms. The summed E-state index contributed by atoms with van der Waals surface area (Å²) >= 11 is 0. The first-order valence-electron chi connectivity index (χ1n) is 14.5. The quantitative estimate of drug-likeness (QED) is 0.258. The molecule has 0 N–H and O–H groups in total. The van der Waals surface area contributed by atoms with Crippen molar-refractivity contribution in [2.24, 2.45) is 0 Å². The average molecular weight is 578 g/mol. The molecule has 4 rings (SSSR count). The highest BCUT2D eigenvalue weighted by molar-refractivity contribution is 5.97. The molecule has 1 fully saturated rings. The van der Waals surface area contributed by atoms with E-state index in [0.717, 1.165) is 68.4 Å². The summed E-state index contributed by atoms with van der Waals surface area (Å²) in [6.45, 7) is 8.23. The summed E-state index contributed by atoms with van der Waals surface area (Å²) < 4.78 is 61.0. The maximum absolute atomic E-state index is 15.0. The molecule has 0 bridgehead atoms. The normalized spacial score (nSPS) is 15.9. The Morgan fingerprint density at radius 2 is 1.71 bits per heavy atom. The molecule has 0 aliphatic carbocycles. The number of carbonyl (C=O) groups is 2. The Hall–Kier alpha value is -3.14. The highest BCUT2D eigenvalue weighted by Gasteiger charge is 2.43. The van der Waals surface area contributed by atoms with Crippen molar-refractivity contribution in [2.45, 2.75) is 71.5 Å². The largest absolute Gasteiger partial charge is 0.471 e. The molecule has 0 radical (unpaired) electrons. The zero-order chi connectivity index (χ0) is 29.6. The van der Waals surface area contributed by atoms with E-state index in [2.05, 4.69) is 9.80 Å². The molecule has 2 aliphatic heterocycles. The van der Waals surface area contributed by atoms with E-state index in [4.69, 9.17) is 4.74 Å². The first kappa shape index (κ1) is 30.8. The third-order valence-corrected chi connectivity index (χ3v) is 8.02. The van der Waals surface area contributed by atoms with E-state index in [1.54, 1.807) is 13.0 Å². The van der Waals surface area contributed by atoms with Crippen LogP contribution in [0.4, 0.5) is 28.9 Å². The lowest BCUT2D eigenvalue weighted by atomic mass is 9.94. The first-order valence-corrected chi connectivity index (χ1v) is 14.5. The second kappa shape index (κ2) is 13.7. The minimum absolute atomic E-state index is 0.0371. The standard InChI is InChI=1S/C31H39F4N3O3/c1-3-41-28(39)14-12-23-11-13-26(20-27(23)32)38(30(40)31(33,34)35)21-25-10-9-24-8-7-17-37(29(24)22(25)2)19-18-36-15-5-4-6-16-36/h9-11,13,20H,3-8,12,14-19,21H2,1-2H3. The van der Waals surface area contributed by atoms with Gasteiger partial charge in [-0.15, -0.1) is 0 Å². The fraction of sp³-hybridized carbons (Fsp3) is 0.548. The molecule has 41 heavy (non-hydrogen) atoms. The number of alkyl halides is 3. The van der Waals surface area contributed by atoms with Crippen LogP contribution < -0.4 is 9.80 Å². The van der Waals surface area contributed by atoms with E-state index >= 15 is 0 Å². The number of carbonyl (C=O) groups excluding carboxylic acids is 2. The highest BCUT2D eigenvalue weighted by Crippen LogP contribution is 2.35. The number of piperidine rings is 1. The van der Waals surface area contributed by atoms with Crippen molar-refractivity contribution in [3.63, 3.8) is 0 Å². The molecular formula is C31H39F4N3O3. The third kappa shape index (κ3) is 7.78. The Labute approximate surface area is 239 Å². The molecule has 2 heterocycles. The van der Waals surface area contributed by atoms with Crippen LogP contribution in [-0.4, -0.2) is 62.3 Å². The summed E-state index contributed by atoms with van der Waals surface area (Å²) in [5.74, 6) is -3.33. The number of halogens is 4. The van der Waals surface area contributed by atoms with E-state index in [0.29, 0.717) is 10.5 Å². The average Bonchev–Trinajstić information content (AvgIpc) is 2.95. The number of benzene rings is 2. The summed E-state index contributed by atoms with van der Waals surface area (Å²) in [4.78, 5) is 29.6. The number of ether oxygens (including phenoxy) is 1. The topological polar surface area (TPSA) is 53.1 Å². The molecule has 1 amide bonds. The van der Waals surface area contributed by atoms with Crippen molar-refractivity contribution in [3.05, 3.63) is 58.4 Å². The van der Waals surface area contributed by atoms with Crippen LogP contribution in [0.15, 0.2) is 30.3 Å². The lowest BCUT2D eigenvalue weighted by molar-refractivity contribution is -0.170. The van der Waals surface area contributed by atoms with Gasteiger partial charge in [-0.3, -0.25) is 9.59 Å². The molecule has 224 valence electrons. The molecular weight excluding hydrogens is 538 g/mol. The Balaban J connectivity index is 1.58. The van der Waals surface area contributed by atoms with Crippen LogP contribution >= 0.6 is 0 Å². The smallest absolute Gasteiger partial charge is 0.466 e. The van der Waals surface area contributed by atoms with Gasteiger partial charge in [0.2, 0.25) is 0 Å². The van der Waals surface area contributed by atoms with Gasteiger partial charge in [0, 0.05) is 37.4 Å². The molecule has 1 saturated heterocycles. The minimum atomic E-state index is -5.14. The SMILES string of the molecule is CCOC(=O)CCc1ccc(N(Cc2ccc3c(c2C)N(CCN2CCCCC2)CCC3)C(=O)C(F)(F)F)cc1F. The Morgan fingerprint density at radius 3 is 2.39 bits per heavy atom. The summed E-state index contributed by atoms with van der Waals surface area (Å²) in [7, 11) is 0. The van der Waals surface area contributed by atoms with Gasteiger partial charge >= 0.3 is 18.1 Å². The van der Waals surface area contributed by atoms with E-state index in [1.807, 2.05) is 13.0 Å². The number of anilines is 2. The number of fused-ring (bicyclic) bond motifs is 1. The number of aryl methyl sites for hydroxylation is 2. The third-order valence-electron chi connectivity index (χ3n) is 8.02. The maximum atomic E-state index is 15.0. The zero-order valence-corrected chi connectivity index (χ0v) is 23.9. The van der Waals surface area contributed by atoms with Crippen molar-refractivity contribution in [3.8, 4) is 0 Å². The summed E-state index contributed by atoms with van der Waals surface area (Å²) in [6.07, 6.45) is 0.409. The number of hydrogen-bond donors (Lipinski definition) is 0. The fourth-order valence-corrected chi connectivity index (χ4v) is 5.83. The minimum Gasteiger partial charge on any atom is -0.466 e. The number of amides is 1. The van der Waals surface area contributed by atoms with Gasteiger partial charge < -0.3 is 19.4 Å². The van der Waals surface area contributed by atoms with Gasteiger partial charge in [-0.05, 0) is 93.4 Å². The fourth-order valence-electron chi connectivity index (χ4n) is 5.83. The Morgan fingerprint density at radius 1 is 0.976 bits per heavy atom. The van der Waals surface area contributed by atoms with Crippen molar-refractivity contribution in [2.75, 3.05) is 49.1 Å². The van der Waals surface area contributed by atoms with Crippen molar-refractivity contribution in [1.29, 1.82) is 0 Å². The van der Waals surface area contributed by atoms with Crippen LogP contribution in [0.25, 0.3) is 0 Å². The molecule has 0 saturated carbocycles. The molecule has 0 unspecified atom stereocenters. The van der Waals surface area contributed by atoms with Crippen LogP contribution in [0.3, 0.4) is 0 Å². The summed E-state index contributed by atoms with van der Waals surface area (Å²) in [5.41, 5.74) is 3.58. The van der Waals surface area contributed by atoms with E-state index in [1.165, 1.54) is 31.4 Å². The van der Waals surface area contributed by atoms with Crippen molar-refractivity contribution < 1.29 is 31.9 Å². The van der Waals surface area contributed by atoms with Crippen molar-refractivity contribution >= 4 is 23.3 Å². The Kier molecular flexibility index (Phi) is 10.3. The van der Waals surface area contributed by atoms with E-state index < -0.39 is 23.9 Å². The number of hydrogen-bond acceptors (Lipinski definition) is 5. The second-order valence-corrected chi connectivity index (χ2v) is 10.8. The van der Waals surface area contributed by atoms with Crippen LogP contribution in [0.5, 0.6) is 0 Å². The number of rotatable bonds is 10. The molecule has 10 heteroatoms. The monoisotopic (exact) mass is 577 g/mol. The number of likely N-dealkylation sites (tertiary alicyclic amines) is 1. The lowest BCUT2D eigenvalue weighted by Crippen LogP contribution is -2.41. The second-order valence-electron chi connectivity index (χ2n) is 10.8. The highest BCUT2D eigenvalue weighted by atomic mass is 19.4. The molecule has 0 atom stereocenters. The van der Waals surface area contributed by atoms with Gasteiger partial charge in [0.05, 0.1) is 13.2 Å². The van der Waals surface area contributed by atoms with Gasteiger partial charge in [-0.25, -0.2) is 4.39 Å². The van der Waals surface area contributed by atoms with Crippen LogP contribution in [-0.2, 0) is 33.7 Å². The van der Waals surface area contributed by atoms with Crippen LogP contribution in [0, 0.1) is 12.7 Å². The predicted molar refractivity (Wildman–Crippen MR) is 151 cm³/mol. The lowest BCUT2D eigenvalue weighted by Gasteiger charge is -2.36. The molecule has 2 aromatic carbocycles. The number of esters is 1. The Bertz CT molecular complexity index is 1230. The van der Waals surface area contributed by atoms with Gasteiger partial charge in [0.25, 0.3) is 0 Å². The maximum Gasteiger partial charge on any atom is 0.471 e. The van der Waals surface area contributed by atoms with E-state index in [9.17, 15) is 27.2 Å². The van der Waals surface area contributed by atoms with Gasteiger partial charge in [-0.2, -0.15) is 13.2 Å². The van der Waals surface area contributed by atoms with Crippen molar-refractivity contribution in [1.82, 2.24) is 4.90 Å². The number of nitrogens with zero attached hydrogens (tertiary/aromatic N) is 3. The molecule has 6 nitrogen and oxygen atoms in total. The summed E-state index contributed by atoms with van der Waals surface area (Å²) in [5, 5.41) is 0. The van der Waals surface area contributed by atoms with Crippen LogP contribution in [0.2, 0.25) is 0 Å².